The molecule has 8 nitrogen and oxygen atoms in total. The third-order valence-electron chi connectivity index (χ3n) is 2.73. The van der Waals surface area contributed by atoms with E-state index in [1.807, 2.05) is 0 Å². The number of anilines is 1. The van der Waals surface area contributed by atoms with Crippen molar-refractivity contribution in [3.8, 4) is 0 Å². The molecule has 104 valence electrons. The summed E-state index contributed by atoms with van der Waals surface area (Å²) in [5.74, 6) is -0.467. The number of nitrogens with zero attached hydrogens (tertiary/aromatic N) is 3. The quantitative estimate of drug-likeness (QED) is 0.620. The largest absolute Gasteiger partial charge is 0.383 e. The Balaban J connectivity index is 3.04. The van der Waals surface area contributed by atoms with Gasteiger partial charge in [-0.2, -0.15) is 0 Å². The van der Waals surface area contributed by atoms with Gasteiger partial charge >= 0.3 is 0 Å². The summed E-state index contributed by atoms with van der Waals surface area (Å²) < 4.78 is 4.95. The monoisotopic (exact) mass is 268 g/mol. The topological polar surface area (TPSA) is 112 Å². The van der Waals surface area contributed by atoms with Gasteiger partial charge in [0.15, 0.2) is 0 Å². The number of nitro groups is 1. The maximum atomic E-state index is 12.2. The first kappa shape index (κ1) is 14.8. The Bertz CT molecular complexity index is 492. The predicted octanol–water partition coefficient (Wildman–Crippen LogP) is 0.679. The summed E-state index contributed by atoms with van der Waals surface area (Å²) in [6, 6.07) is 0.942. The van der Waals surface area contributed by atoms with Crippen molar-refractivity contribution in [2.75, 3.05) is 26.5 Å². The summed E-state index contributed by atoms with van der Waals surface area (Å²) in [7, 11) is 3.10. The van der Waals surface area contributed by atoms with E-state index in [4.69, 9.17) is 10.5 Å². The number of hydrogen-bond acceptors (Lipinski definition) is 6. The number of amides is 1. The second-order valence-electron chi connectivity index (χ2n) is 4.10. The van der Waals surface area contributed by atoms with Crippen LogP contribution >= 0.6 is 0 Å². The number of nitrogen functional groups attached to an aromatic ring is 1. The molecule has 1 aromatic rings. The van der Waals surface area contributed by atoms with Crippen molar-refractivity contribution in [1.29, 1.82) is 0 Å². The van der Waals surface area contributed by atoms with Gasteiger partial charge in [0.05, 0.1) is 23.1 Å². The van der Waals surface area contributed by atoms with Crippen molar-refractivity contribution in [2.24, 2.45) is 0 Å². The number of hydrogen-bond donors (Lipinski definition) is 1. The van der Waals surface area contributed by atoms with Gasteiger partial charge in [0, 0.05) is 20.2 Å². The first-order chi connectivity index (χ1) is 8.88. The first-order valence-corrected chi connectivity index (χ1v) is 5.54. The Morgan fingerprint density at radius 3 is 2.84 bits per heavy atom. The fourth-order valence-electron chi connectivity index (χ4n) is 1.48. The molecular weight excluding hydrogens is 252 g/mol. The zero-order valence-corrected chi connectivity index (χ0v) is 11.0. The van der Waals surface area contributed by atoms with Crippen molar-refractivity contribution in [3.05, 3.63) is 27.9 Å². The van der Waals surface area contributed by atoms with Crippen molar-refractivity contribution < 1.29 is 14.5 Å². The molecule has 0 aliphatic heterocycles. The van der Waals surface area contributed by atoms with Crippen LogP contribution in [0.25, 0.3) is 0 Å². The van der Waals surface area contributed by atoms with Crippen LogP contribution in [0.5, 0.6) is 0 Å². The molecular formula is C11H16N4O4. The average Bonchev–Trinajstić information content (AvgIpc) is 2.37. The summed E-state index contributed by atoms with van der Waals surface area (Å²) in [5.41, 5.74) is 5.33. The average molecular weight is 268 g/mol. The Hall–Kier alpha value is -2.22. The highest BCUT2D eigenvalue weighted by Crippen LogP contribution is 2.18. The van der Waals surface area contributed by atoms with E-state index in [1.54, 1.807) is 14.0 Å². The molecule has 1 rings (SSSR count). The number of carbonyl (C=O) groups is 1. The first-order valence-electron chi connectivity index (χ1n) is 5.54. The van der Waals surface area contributed by atoms with E-state index in [9.17, 15) is 14.9 Å². The standard InChI is InChI=1S/C11H16N4O4/c1-7(6-19-3)14(2)11(16)9-4-8(15(17)18)5-13-10(9)12/h4-5,7H,6H2,1-3H3,(H2,12,13). The lowest BCUT2D eigenvalue weighted by Crippen LogP contribution is -2.38. The van der Waals surface area contributed by atoms with Crippen molar-refractivity contribution in [2.45, 2.75) is 13.0 Å². The zero-order valence-electron chi connectivity index (χ0n) is 11.0. The molecule has 0 fully saturated rings. The molecule has 0 spiro atoms. The van der Waals surface area contributed by atoms with Crippen LogP contribution < -0.4 is 5.73 Å². The molecule has 0 radical (unpaired) electrons. The van der Waals surface area contributed by atoms with E-state index in [-0.39, 0.29) is 23.1 Å². The van der Waals surface area contributed by atoms with Gasteiger partial charge in [-0.3, -0.25) is 14.9 Å². The summed E-state index contributed by atoms with van der Waals surface area (Å²) >= 11 is 0. The fourth-order valence-corrected chi connectivity index (χ4v) is 1.48. The van der Waals surface area contributed by atoms with Crippen LogP contribution in [-0.2, 0) is 4.74 Å². The SMILES string of the molecule is COCC(C)N(C)C(=O)c1cc([N+](=O)[O-])cnc1N. The van der Waals surface area contributed by atoms with Crippen LogP contribution in [0.4, 0.5) is 11.5 Å². The number of nitrogens with two attached hydrogens (primary N) is 1. The Morgan fingerprint density at radius 1 is 1.68 bits per heavy atom. The third kappa shape index (κ3) is 3.38. The number of ether oxygens (including phenoxy) is 1. The Labute approximate surface area is 110 Å². The zero-order chi connectivity index (χ0) is 14.6. The van der Waals surface area contributed by atoms with E-state index < -0.39 is 10.8 Å². The van der Waals surface area contributed by atoms with Gasteiger partial charge in [0.2, 0.25) is 0 Å². The minimum atomic E-state index is -0.623. The lowest BCUT2D eigenvalue weighted by molar-refractivity contribution is -0.385. The third-order valence-corrected chi connectivity index (χ3v) is 2.73. The highest BCUT2D eigenvalue weighted by atomic mass is 16.6. The van der Waals surface area contributed by atoms with E-state index in [0.717, 1.165) is 12.3 Å². The Morgan fingerprint density at radius 2 is 2.32 bits per heavy atom. The second-order valence-corrected chi connectivity index (χ2v) is 4.10. The molecule has 0 aliphatic rings. The fraction of sp³-hybridized carbons (Fsp3) is 0.455. The lowest BCUT2D eigenvalue weighted by Gasteiger charge is -2.24. The number of methoxy groups -OCH3 is 1. The smallest absolute Gasteiger partial charge is 0.288 e. The van der Waals surface area contributed by atoms with E-state index in [2.05, 4.69) is 4.98 Å². The molecule has 1 unspecified atom stereocenters. The van der Waals surface area contributed by atoms with Crippen LogP contribution in [0.1, 0.15) is 17.3 Å². The molecule has 0 aliphatic carbocycles. The highest BCUT2D eigenvalue weighted by molar-refractivity contribution is 5.98. The molecule has 0 aromatic carbocycles. The summed E-state index contributed by atoms with van der Waals surface area (Å²) in [6.07, 6.45) is 1.02. The van der Waals surface area contributed by atoms with Crippen LogP contribution in [0.3, 0.4) is 0 Å². The number of pyridine rings is 1. The molecule has 1 atom stereocenters. The summed E-state index contributed by atoms with van der Waals surface area (Å²) in [5, 5.41) is 10.7. The van der Waals surface area contributed by atoms with Gasteiger partial charge in [0.1, 0.15) is 12.0 Å². The lowest BCUT2D eigenvalue weighted by atomic mass is 10.2. The van der Waals surface area contributed by atoms with Gasteiger partial charge in [0.25, 0.3) is 11.6 Å². The van der Waals surface area contributed by atoms with Gasteiger partial charge in [-0.25, -0.2) is 4.98 Å². The maximum Gasteiger partial charge on any atom is 0.288 e. The van der Waals surface area contributed by atoms with Crippen LogP contribution in [-0.4, -0.2) is 47.5 Å². The van der Waals surface area contributed by atoms with Gasteiger partial charge < -0.3 is 15.4 Å². The number of likely N-dealkylation sites (N-methyl/N-ethyl adjacent to an activating group) is 1. The normalized spacial score (nSPS) is 11.9. The molecule has 1 aromatic heterocycles. The molecule has 8 heteroatoms. The highest BCUT2D eigenvalue weighted by Gasteiger charge is 2.22. The molecule has 0 saturated carbocycles. The van der Waals surface area contributed by atoms with Crippen LogP contribution in [0, 0.1) is 10.1 Å². The predicted molar refractivity (Wildman–Crippen MR) is 68.7 cm³/mol. The molecule has 0 saturated heterocycles. The molecule has 0 bridgehead atoms. The molecule has 1 amide bonds. The van der Waals surface area contributed by atoms with E-state index >= 15 is 0 Å². The second kappa shape index (κ2) is 6.10. The van der Waals surface area contributed by atoms with Gasteiger partial charge in [-0.05, 0) is 6.92 Å². The number of carbonyl (C=O) groups excluding carboxylic acids is 1. The van der Waals surface area contributed by atoms with E-state index in [1.165, 1.54) is 12.0 Å². The summed E-state index contributed by atoms with van der Waals surface area (Å²) in [4.78, 5) is 27.3. The summed E-state index contributed by atoms with van der Waals surface area (Å²) in [6.45, 7) is 2.15. The van der Waals surface area contributed by atoms with E-state index in [0.29, 0.717) is 6.61 Å². The molecule has 19 heavy (non-hydrogen) atoms. The van der Waals surface area contributed by atoms with Gasteiger partial charge in [-0.15, -0.1) is 0 Å². The van der Waals surface area contributed by atoms with Crippen LogP contribution in [0.2, 0.25) is 0 Å². The minimum absolute atomic E-state index is 0.0136. The molecule has 2 N–H and O–H groups in total. The van der Waals surface area contributed by atoms with Crippen molar-refractivity contribution >= 4 is 17.4 Å². The Kier molecular flexibility index (Phi) is 4.76. The van der Waals surface area contributed by atoms with Crippen molar-refractivity contribution in [3.63, 3.8) is 0 Å². The number of aromatic nitrogens is 1. The van der Waals surface area contributed by atoms with Crippen molar-refractivity contribution in [1.82, 2.24) is 9.88 Å². The minimum Gasteiger partial charge on any atom is -0.383 e. The number of rotatable bonds is 5. The van der Waals surface area contributed by atoms with Crippen LogP contribution in [0.15, 0.2) is 12.3 Å². The maximum absolute atomic E-state index is 12.2. The molecule has 1 heterocycles. The van der Waals surface area contributed by atoms with Gasteiger partial charge in [-0.1, -0.05) is 0 Å².